The van der Waals surface area contributed by atoms with Gasteiger partial charge in [0.25, 0.3) is 0 Å². The summed E-state index contributed by atoms with van der Waals surface area (Å²) in [5, 5.41) is 15.3. The molecule has 0 saturated carbocycles. The van der Waals surface area contributed by atoms with Gasteiger partial charge >= 0.3 is 6.03 Å². The molecule has 0 unspecified atom stereocenters. The fraction of sp³-hybridized carbons (Fsp3) is 0.0435. The van der Waals surface area contributed by atoms with Crippen LogP contribution in [0.15, 0.2) is 66.9 Å². The Balaban J connectivity index is 1.25. The Morgan fingerprint density at radius 2 is 1.88 bits per heavy atom. The Hall–Kier alpha value is -3.82. The lowest BCUT2D eigenvalue weighted by Gasteiger charge is -2.10. The predicted octanol–water partition coefficient (Wildman–Crippen LogP) is 5.77. The monoisotopic (exact) mass is 456 g/mol. The Labute approximate surface area is 190 Å². The summed E-state index contributed by atoms with van der Waals surface area (Å²) < 4.78 is 9.67. The maximum Gasteiger partial charge on any atom is 0.319 e. The van der Waals surface area contributed by atoms with Gasteiger partial charge < -0.3 is 10.6 Å². The largest absolute Gasteiger partial charge is 0.334 e. The summed E-state index contributed by atoms with van der Waals surface area (Å²) >= 11 is 2.90. The zero-order valence-corrected chi connectivity index (χ0v) is 18.3. The minimum atomic E-state index is -0.272. The number of nitrogens with zero attached hydrogens (tertiary/aromatic N) is 3. The lowest BCUT2D eigenvalue weighted by molar-refractivity contribution is 0.252. The van der Waals surface area contributed by atoms with Crippen molar-refractivity contribution in [3.63, 3.8) is 0 Å². The Kier molecular flexibility index (Phi) is 4.55. The molecule has 0 aliphatic rings. The van der Waals surface area contributed by atoms with E-state index in [4.69, 9.17) is 0 Å². The van der Waals surface area contributed by atoms with E-state index in [1.165, 1.54) is 21.8 Å². The molecule has 0 bridgehead atoms. The molecule has 156 valence electrons. The van der Waals surface area contributed by atoms with Gasteiger partial charge in [-0.3, -0.25) is 5.10 Å². The third kappa shape index (κ3) is 3.47. The van der Waals surface area contributed by atoms with E-state index in [9.17, 15) is 4.79 Å². The number of rotatable bonds is 4. The zero-order chi connectivity index (χ0) is 21.5. The number of carbonyl (C=O) groups is 1. The number of urea groups is 1. The van der Waals surface area contributed by atoms with E-state index in [1.807, 2.05) is 42.5 Å². The molecule has 3 N–H and O–H groups in total. The second kappa shape index (κ2) is 7.70. The van der Waals surface area contributed by atoms with Gasteiger partial charge in [0, 0.05) is 32.8 Å². The first-order chi connectivity index (χ1) is 15.7. The maximum atomic E-state index is 12.6. The highest BCUT2D eigenvalue weighted by atomic mass is 32.1. The van der Waals surface area contributed by atoms with Crippen molar-refractivity contribution in [2.24, 2.45) is 0 Å². The number of anilines is 1. The average Bonchev–Trinajstić information content (AvgIpc) is 3.55. The van der Waals surface area contributed by atoms with Crippen molar-refractivity contribution >= 4 is 66.8 Å². The van der Waals surface area contributed by atoms with Gasteiger partial charge in [0.05, 0.1) is 23.4 Å². The minimum absolute atomic E-state index is 0.272. The number of fused-ring (bicyclic) bond motifs is 3. The number of amides is 2. The molecule has 2 amide bonds. The maximum absolute atomic E-state index is 12.6. The van der Waals surface area contributed by atoms with Gasteiger partial charge in [-0.15, -0.1) is 11.3 Å². The Morgan fingerprint density at radius 1 is 0.969 bits per heavy atom. The summed E-state index contributed by atoms with van der Waals surface area (Å²) in [6, 6.07) is 19.9. The average molecular weight is 457 g/mol. The van der Waals surface area contributed by atoms with Crippen LogP contribution in [0.1, 0.15) is 5.56 Å². The molecule has 6 rings (SSSR count). The fourth-order valence-electron chi connectivity index (χ4n) is 3.73. The van der Waals surface area contributed by atoms with Crippen molar-refractivity contribution in [3.05, 3.63) is 72.4 Å². The van der Waals surface area contributed by atoms with Crippen molar-refractivity contribution in [2.45, 2.75) is 6.54 Å². The summed E-state index contributed by atoms with van der Waals surface area (Å²) in [6.07, 6.45) is 1.77. The van der Waals surface area contributed by atoms with Gasteiger partial charge in [0.1, 0.15) is 11.0 Å². The predicted molar refractivity (Wildman–Crippen MR) is 130 cm³/mol. The molecule has 3 aromatic heterocycles. The second-order valence-electron chi connectivity index (χ2n) is 7.40. The topological polar surface area (TPSA) is 95.6 Å². The number of thiophene rings is 1. The van der Waals surface area contributed by atoms with E-state index >= 15 is 0 Å². The van der Waals surface area contributed by atoms with Gasteiger partial charge in [-0.1, -0.05) is 24.3 Å². The van der Waals surface area contributed by atoms with E-state index in [2.05, 4.69) is 47.8 Å². The summed E-state index contributed by atoms with van der Waals surface area (Å²) in [4.78, 5) is 13.7. The minimum Gasteiger partial charge on any atom is -0.334 e. The van der Waals surface area contributed by atoms with Crippen molar-refractivity contribution in [1.29, 1.82) is 0 Å². The molecule has 0 radical (unpaired) electrons. The lowest BCUT2D eigenvalue weighted by atomic mass is 10.1. The van der Waals surface area contributed by atoms with Crippen molar-refractivity contribution in [3.8, 4) is 10.4 Å². The van der Waals surface area contributed by atoms with Gasteiger partial charge in [-0.05, 0) is 47.3 Å². The van der Waals surface area contributed by atoms with Crippen LogP contribution in [0, 0.1) is 0 Å². The molecule has 0 saturated heterocycles. The van der Waals surface area contributed by atoms with Gasteiger partial charge in [0.15, 0.2) is 0 Å². The molecule has 0 spiro atoms. The van der Waals surface area contributed by atoms with E-state index in [0.717, 1.165) is 37.9 Å². The van der Waals surface area contributed by atoms with E-state index < -0.39 is 0 Å². The lowest BCUT2D eigenvalue weighted by Crippen LogP contribution is -2.28. The van der Waals surface area contributed by atoms with Crippen LogP contribution in [0.5, 0.6) is 0 Å². The summed E-state index contributed by atoms with van der Waals surface area (Å²) in [7, 11) is 0. The SMILES string of the molecule is O=C(NCc1ccc2nsnc2c1)Nc1cc(-c2cc3ccccc3s2)c2[nH]ncc2c1. The smallest absolute Gasteiger partial charge is 0.319 e. The van der Waals surface area contributed by atoms with Crippen molar-refractivity contribution in [2.75, 3.05) is 5.32 Å². The van der Waals surface area contributed by atoms with Crippen LogP contribution in [0.4, 0.5) is 10.5 Å². The molecule has 0 aliphatic heterocycles. The zero-order valence-electron chi connectivity index (χ0n) is 16.6. The van der Waals surface area contributed by atoms with Crippen LogP contribution in [0.2, 0.25) is 0 Å². The molecular formula is C23H16N6OS2. The van der Waals surface area contributed by atoms with Crippen LogP contribution in [0.3, 0.4) is 0 Å². The van der Waals surface area contributed by atoms with E-state index in [-0.39, 0.29) is 6.03 Å². The number of carbonyl (C=O) groups excluding carboxylic acids is 1. The Bertz CT molecular complexity index is 1570. The second-order valence-corrected chi connectivity index (χ2v) is 9.01. The van der Waals surface area contributed by atoms with Crippen LogP contribution in [-0.4, -0.2) is 25.0 Å². The molecule has 3 heterocycles. The first-order valence-corrected chi connectivity index (χ1v) is 11.5. The molecular weight excluding hydrogens is 440 g/mol. The van der Waals surface area contributed by atoms with Crippen molar-refractivity contribution in [1.82, 2.24) is 24.3 Å². The van der Waals surface area contributed by atoms with Crippen LogP contribution < -0.4 is 10.6 Å². The molecule has 7 nitrogen and oxygen atoms in total. The normalized spacial score (nSPS) is 11.4. The van der Waals surface area contributed by atoms with Crippen LogP contribution >= 0.6 is 23.1 Å². The molecule has 9 heteroatoms. The fourth-order valence-corrected chi connectivity index (χ4v) is 5.34. The molecule has 32 heavy (non-hydrogen) atoms. The first-order valence-electron chi connectivity index (χ1n) is 9.95. The van der Waals surface area contributed by atoms with Crippen LogP contribution in [0.25, 0.3) is 42.5 Å². The summed E-state index contributed by atoms with van der Waals surface area (Å²) in [6.45, 7) is 0.399. The van der Waals surface area contributed by atoms with E-state index in [0.29, 0.717) is 12.2 Å². The van der Waals surface area contributed by atoms with Gasteiger partial charge in [0.2, 0.25) is 0 Å². The number of aromatic nitrogens is 4. The third-order valence-corrected chi connectivity index (χ3v) is 6.98. The Morgan fingerprint density at radius 3 is 2.81 bits per heavy atom. The molecule has 0 aliphatic carbocycles. The van der Waals surface area contributed by atoms with Crippen LogP contribution in [-0.2, 0) is 6.54 Å². The highest BCUT2D eigenvalue weighted by molar-refractivity contribution is 7.22. The highest BCUT2D eigenvalue weighted by Crippen LogP contribution is 2.38. The highest BCUT2D eigenvalue weighted by Gasteiger charge is 2.13. The standard InChI is InChI=1S/C23H16N6OS2/c30-23(24-11-13-5-6-18-19(7-13)29-32-28-18)26-16-8-15-12-25-27-22(15)17(10-16)21-9-14-3-1-2-4-20(14)31-21/h1-10,12H,11H2,(H,25,27)(H2,24,26,30). The van der Waals surface area contributed by atoms with E-state index in [1.54, 1.807) is 17.5 Å². The van der Waals surface area contributed by atoms with Gasteiger partial charge in [-0.25, -0.2) is 4.79 Å². The summed E-state index contributed by atoms with van der Waals surface area (Å²) in [5.41, 5.74) is 5.35. The number of hydrogen-bond donors (Lipinski definition) is 3. The third-order valence-electron chi connectivity index (χ3n) is 5.27. The number of H-pyrrole nitrogens is 1. The molecule has 3 aromatic carbocycles. The number of hydrogen-bond acceptors (Lipinski definition) is 6. The van der Waals surface area contributed by atoms with Gasteiger partial charge in [-0.2, -0.15) is 13.8 Å². The van der Waals surface area contributed by atoms with Crippen molar-refractivity contribution < 1.29 is 4.79 Å². The molecule has 0 atom stereocenters. The quantitative estimate of drug-likeness (QED) is 0.314. The number of aromatic amines is 1. The summed E-state index contributed by atoms with van der Waals surface area (Å²) in [5.74, 6) is 0. The molecule has 0 fully saturated rings. The first kappa shape index (κ1) is 18.9. The molecule has 6 aromatic rings. The number of nitrogens with one attached hydrogen (secondary N) is 3. The number of benzene rings is 3.